The first-order valence-electron chi connectivity index (χ1n) is 10.3. The van der Waals surface area contributed by atoms with Crippen molar-refractivity contribution < 1.29 is 17.9 Å². The summed E-state index contributed by atoms with van der Waals surface area (Å²) in [5, 5.41) is 2.78. The average molecular weight is 449 g/mol. The number of amides is 1. The number of hydrogen-bond acceptors (Lipinski definition) is 4. The zero-order valence-electron chi connectivity index (χ0n) is 17.9. The fourth-order valence-electron chi connectivity index (χ4n) is 3.95. The summed E-state index contributed by atoms with van der Waals surface area (Å²) in [6.07, 6.45) is 0. The molecule has 0 bridgehead atoms. The number of para-hydroxylation sites is 1. The monoisotopic (exact) mass is 448 g/mol. The molecule has 1 heterocycles. The maximum Gasteiger partial charge on any atom is 0.270 e. The lowest BCUT2D eigenvalue weighted by molar-refractivity contribution is -0.112. The zero-order valence-corrected chi connectivity index (χ0v) is 18.7. The second-order valence-electron chi connectivity index (χ2n) is 7.34. The molecule has 0 spiro atoms. The van der Waals surface area contributed by atoms with Gasteiger partial charge in [-0.1, -0.05) is 60.7 Å². The molecule has 164 valence electrons. The Balaban J connectivity index is 1.91. The van der Waals surface area contributed by atoms with Crippen LogP contribution in [-0.2, 0) is 26.2 Å². The number of benzene rings is 3. The van der Waals surface area contributed by atoms with E-state index in [1.54, 1.807) is 44.4 Å². The highest BCUT2D eigenvalue weighted by Crippen LogP contribution is 2.42. The third kappa shape index (κ3) is 3.92. The van der Waals surface area contributed by atoms with Gasteiger partial charge in [0.15, 0.2) is 4.91 Å². The normalized spacial score (nSPS) is 14.8. The molecule has 32 heavy (non-hydrogen) atoms. The van der Waals surface area contributed by atoms with E-state index in [9.17, 15) is 13.2 Å². The van der Waals surface area contributed by atoms with E-state index in [-0.39, 0.29) is 11.4 Å². The summed E-state index contributed by atoms with van der Waals surface area (Å²) in [7, 11) is -2.50. The smallest absolute Gasteiger partial charge is 0.270 e. The number of carbonyl (C=O) groups is 1. The molecule has 1 aliphatic rings. The Morgan fingerprint density at radius 2 is 1.69 bits per heavy atom. The minimum absolute atomic E-state index is 0.210. The van der Waals surface area contributed by atoms with Crippen molar-refractivity contribution in [2.45, 2.75) is 13.5 Å². The van der Waals surface area contributed by atoms with Crippen LogP contribution in [0.2, 0.25) is 0 Å². The van der Waals surface area contributed by atoms with E-state index in [1.807, 2.05) is 48.5 Å². The second-order valence-corrected chi connectivity index (χ2v) is 9.14. The maximum atomic E-state index is 13.7. The molecule has 1 amide bonds. The lowest BCUT2D eigenvalue weighted by atomic mass is 9.95. The van der Waals surface area contributed by atoms with E-state index in [2.05, 4.69) is 5.32 Å². The molecule has 7 heteroatoms. The molecule has 3 aromatic rings. The summed E-state index contributed by atoms with van der Waals surface area (Å²) < 4.78 is 33.8. The Morgan fingerprint density at radius 3 is 2.41 bits per heavy atom. The first kappa shape index (κ1) is 21.8. The van der Waals surface area contributed by atoms with Crippen LogP contribution in [0.3, 0.4) is 0 Å². The minimum Gasteiger partial charge on any atom is -0.380 e. The van der Waals surface area contributed by atoms with Crippen LogP contribution in [0.1, 0.15) is 23.6 Å². The Kier molecular flexibility index (Phi) is 6.12. The van der Waals surface area contributed by atoms with Crippen LogP contribution in [0.4, 0.5) is 11.4 Å². The molecule has 0 atom stereocenters. The predicted octanol–water partition coefficient (Wildman–Crippen LogP) is 4.40. The van der Waals surface area contributed by atoms with Crippen molar-refractivity contribution in [2.24, 2.45) is 0 Å². The predicted molar refractivity (Wildman–Crippen MR) is 127 cm³/mol. The first-order valence-corrected chi connectivity index (χ1v) is 11.7. The Labute approximate surface area is 188 Å². The van der Waals surface area contributed by atoms with Gasteiger partial charge in [-0.05, 0) is 36.2 Å². The van der Waals surface area contributed by atoms with E-state index in [1.165, 1.54) is 4.31 Å². The number of nitrogens with one attached hydrogen (secondary N) is 1. The molecule has 1 aliphatic heterocycles. The largest absolute Gasteiger partial charge is 0.380 e. The number of rotatable bonds is 6. The molecular formula is C25H24N2O4S. The van der Waals surface area contributed by atoms with Crippen LogP contribution in [0.15, 0.2) is 83.8 Å². The molecule has 0 unspecified atom stereocenters. The molecule has 0 aliphatic carbocycles. The average Bonchev–Trinajstić information content (AvgIpc) is 2.79. The fraction of sp³-hybridized carbons (Fsp3) is 0.160. The molecule has 0 aromatic heterocycles. The van der Waals surface area contributed by atoms with Gasteiger partial charge in [0, 0.05) is 30.5 Å². The van der Waals surface area contributed by atoms with Crippen LogP contribution in [0.5, 0.6) is 0 Å². The van der Waals surface area contributed by atoms with Gasteiger partial charge in [0.05, 0.1) is 12.3 Å². The molecular weight excluding hydrogens is 424 g/mol. The lowest BCUT2D eigenvalue weighted by Crippen LogP contribution is -2.39. The molecule has 0 saturated carbocycles. The van der Waals surface area contributed by atoms with Crippen molar-refractivity contribution in [1.29, 1.82) is 0 Å². The van der Waals surface area contributed by atoms with Gasteiger partial charge in [-0.15, -0.1) is 0 Å². The number of nitrogens with zero attached hydrogens (tertiary/aromatic N) is 1. The van der Waals surface area contributed by atoms with Crippen molar-refractivity contribution >= 4 is 32.9 Å². The standard InChI is InChI=1S/C25H24N2O4S/c1-3-27-22-15-8-7-14-21(22)23(19-11-5-4-6-12-19)24(32(27,29)30)25(28)26-20-13-9-10-18(16-20)17-31-2/h4-16H,3,17H2,1-2H3,(H,26,28). The highest BCUT2D eigenvalue weighted by molar-refractivity contribution is 7.97. The number of hydrogen-bond donors (Lipinski definition) is 1. The van der Waals surface area contributed by atoms with Gasteiger partial charge in [0.25, 0.3) is 15.9 Å². The minimum atomic E-state index is -4.09. The van der Waals surface area contributed by atoms with Gasteiger partial charge < -0.3 is 10.1 Å². The summed E-state index contributed by atoms with van der Waals surface area (Å²) in [5.74, 6) is -0.675. The Morgan fingerprint density at radius 1 is 0.969 bits per heavy atom. The first-order chi connectivity index (χ1) is 15.5. The summed E-state index contributed by atoms with van der Waals surface area (Å²) in [6.45, 7) is 2.35. The van der Waals surface area contributed by atoms with Gasteiger partial charge in [-0.2, -0.15) is 0 Å². The Hall–Kier alpha value is -3.42. The summed E-state index contributed by atoms with van der Waals surface area (Å²) in [5.41, 5.74) is 3.70. The van der Waals surface area contributed by atoms with E-state index in [0.717, 1.165) is 5.56 Å². The third-order valence-electron chi connectivity index (χ3n) is 5.27. The van der Waals surface area contributed by atoms with Gasteiger partial charge in [-0.3, -0.25) is 9.10 Å². The number of anilines is 2. The topological polar surface area (TPSA) is 75.7 Å². The van der Waals surface area contributed by atoms with Gasteiger partial charge in [-0.25, -0.2) is 8.42 Å². The zero-order chi connectivity index (χ0) is 22.7. The summed E-state index contributed by atoms with van der Waals surface area (Å²) in [6, 6.07) is 23.6. The Bertz CT molecular complexity index is 1280. The summed E-state index contributed by atoms with van der Waals surface area (Å²) >= 11 is 0. The molecule has 3 aromatic carbocycles. The number of carbonyl (C=O) groups excluding carboxylic acids is 1. The molecule has 0 saturated heterocycles. The van der Waals surface area contributed by atoms with Crippen LogP contribution in [-0.4, -0.2) is 28.0 Å². The second kappa shape index (κ2) is 8.98. The van der Waals surface area contributed by atoms with Gasteiger partial charge >= 0.3 is 0 Å². The number of methoxy groups -OCH3 is 1. The number of sulfonamides is 1. The van der Waals surface area contributed by atoms with E-state index in [4.69, 9.17) is 4.74 Å². The van der Waals surface area contributed by atoms with E-state index in [0.29, 0.717) is 34.7 Å². The van der Waals surface area contributed by atoms with E-state index >= 15 is 0 Å². The van der Waals surface area contributed by atoms with Crippen molar-refractivity contribution in [1.82, 2.24) is 0 Å². The van der Waals surface area contributed by atoms with Crippen molar-refractivity contribution in [3.63, 3.8) is 0 Å². The molecule has 6 nitrogen and oxygen atoms in total. The van der Waals surface area contributed by atoms with Gasteiger partial charge in [0.1, 0.15) is 0 Å². The maximum absolute atomic E-state index is 13.7. The number of ether oxygens (including phenoxy) is 1. The van der Waals surface area contributed by atoms with Crippen molar-refractivity contribution in [2.75, 3.05) is 23.3 Å². The highest BCUT2D eigenvalue weighted by atomic mass is 32.2. The van der Waals surface area contributed by atoms with E-state index < -0.39 is 15.9 Å². The quantitative estimate of drug-likeness (QED) is 0.606. The van der Waals surface area contributed by atoms with Crippen molar-refractivity contribution in [3.05, 3.63) is 100 Å². The fourth-order valence-corrected chi connectivity index (χ4v) is 5.70. The summed E-state index contributed by atoms with van der Waals surface area (Å²) in [4.78, 5) is 13.2. The van der Waals surface area contributed by atoms with Crippen LogP contribution < -0.4 is 9.62 Å². The molecule has 1 N–H and O–H groups in total. The van der Waals surface area contributed by atoms with Crippen molar-refractivity contribution in [3.8, 4) is 0 Å². The SMILES string of the molecule is CCN1c2ccccc2C(c2ccccc2)=C(C(=O)Nc2cccc(COC)c2)S1(=O)=O. The highest BCUT2D eigenvalue weighted by Gasteiger charge is 2.40. The van der Waals surface area contributed by atoms with Crippen LogP contribution in [0, 0.1) is 0 Å². The van der Waals surface area contributed by atoms with Gasteiger partial charge in [0.2, 0.25) is 0 Å². The number of fused-ring (bicyclic) bond motifs is 1. The molecule has 4 rings (SSSR count). The third-order valence-corrected chi connectivity index (χ3v) is 7.21. The molecule has 0 fully saturated rings. The van der Waals surface area contributed by atoms with Crippen LogP contribution >= 0.6 is 0 Å². The lowest BCUT2D eigenvalue weighted by Gasteiger charge is -2.32. The molecule has 0 radical (unpaired) electrons. The van der Waals surface area contributed by atoms with Crippen LogP contribution in [0.25, 0.3) is 5.57 Å².